The molecule has 1 saturated heterocycles. The second-order valence-corrected chi connectivity index (χ2v) is 4.46. The Morgan fingerprint density at radius 2 is 2.38 bits per heavy atom. The molecule has 0 aromatic heterocycles. The number of halogens is 1. The summed E-state index contributed by atoms with van der Waals surface area (Å²) in [6, 6.07) is 4.13. The van der Waals surface area contributed by atoms with Crippen molar-refractivity contribution in [1.82, 2.24) is 5.32 Å². The third kappa shape index (κ3) is 2.25. The molecule has 1 fully saturated rings. The fourth-order valence-electron chi connectivity index (χ4n) is 2.10. The molecule has 2 N–H and O–H groups in total. The van der Waals surface area contributed by atoms with Crippen LogP contribution in [0.2, 0.25) is 5.02 Å². The summed E-state index contributed by atoms with van der Waals surface area (Å²) < 4.78 is 5.04. The highest BCUT2D eigenvalue weighted by molar-refractivity contribution is 6.33. The summed E-state index contributed by atoms with van der Waals surface area (Å²) in [6.45, 7) is 1.06. The molecule has 0 aliphatic carbocycles. The topological polar surface area (TPSA) is 41.5 Å². The van der Waals surface area contributed by atoms with E-state index in [-0.39, 0.29) is 5.75 Å². The molecule has 0 radical (unpaired) electrons. The molecule has 2 rings (SSSR count). The first kappa shape index (κ1) is 11.6. The van der Waals surface area contributed by atoms with Crippen LogP contribution in [0.4, 0.5) is 0 Å². The van der Waals surface area contributed by atoms with Crippen molar-refractivity contribution in [3.63, 3.8) is 0 Å². The Balaban J connectivity index is 2.18. The van der Waals surface area contributed by atoms with Crippen LogP contribution in [-0.4, -0.2) is 24.8 Å². The highest BCUT2D eigenvalue weighted by atomic mass is 35.5. The predicted octanol–water partition coefficient (Wildman–Crippen LogP) is 2.35. The van der Waals surface area contributed by atoms with Crippen LogP contribution >= 0.6 is 11.6 Å². The average Bonchev–Trinajstić information content (AvgIpc) is 2.78. The molecule has 4 heteroatoms. The molecule has 0 spiro atoms. The zero-order chi connectivity index (χ0) is 11.5. The number of phenolic OH excluding ortho intramolecular Hbond substituents is 1. The van der Waals surface area contributed by atoms with Gasteiger partial charge in [-0.25, -0.2) is 0 Å². The molecule has 1 unspecified atom stereocenters. The summed E-state index contributed by atoms with van der Waals surface area (Å²) in [6.07, 6.45) is 3.17. The van der Waals surface area contributed by atoms with Crippen LogP contribution in [0.25, 0.3) is 0 Å². The van der Waals surface area contributed by atoms with Gasteiger partial charge in [0.1, 0.15) is 16.5 Å². The van der Waals surface area contributed by atoms with Gasteiger partial charge in [0.25, 0.3) is 0 Å². The fraction of sp³-hybridized carbons (Fsp3) is 0.500. The fourth-order valence-corrected chi connectivity index (χ4v) is 2.37. The first-order valence-electron chi connectivity index (χ1n) is 5.50. The highest BCUT2D eigenvalue weighted by Gasteiger charge is 2.18. The van der Waals surface area contributed by atoms with Crippen LogP contribution in [0, 0.1) is 0 Å². The minimum absolute atomic E-state index is 0.148. The molecule has 3 nitrogen and oxygen atoms in total. The summed E-state index contributed by atoms with van der Waals surface area (Å²) in [4.78, 5) is 0. The Morgan fingerprint density at radius 1 is 1.56 bits per heavy atom. The van der Waals surface area contributed by atoms with Gasteiger partial charge in [-0.3, -0.25) is 0 Å². The summed E-state index contributed by atoms with van der Waals surface area (Å²) in [5.41, 5.74) is 0.880. The van der Waals surface area contributed by atoms with E-state index in [9.17, 15) is 5.11 Å². The smallest absolute Gasteiger partial charge is 0.141 e. The zero-order valence-corrected chi connectivity index (χ0v) is 10.0. The van der Waals surface area contributed by atoms with Gasteiger partial charge < -0.3 is 15.2 Å². The van der Waals surface area contributed by atoms with Gasteiger partial charge in [-0.2, -0.15) is 0 Å². The van der Waals surface area contributed by atoms with Gasteiger partial charge in [0.05, 0.1) is 7.11 Å². The SMILES string of the molecule is COc1ccc(CC2CCCN2)c(O)c1Cl. The molecule has 16 heavy (non-hydrogen) atoms. The van der Waals surface area contributed by atoms with E-state index >= 15 is 0 Å². The molecule has 1 aromatic carbocycles. The molecule has 0 bridgehead atoms. The number of rotatable bonds is 3. The molecule has 1 aromatic rings. The van der Waals surface area contributed by atoms with E-state index < -0.39 is 0 Å². The normalized spacial score (nSPS) is 20.0. The molecule has 1 atom stereocenters. The first-order chi connectivity index (χ1) is 7.72. The van der Waals surface area contributed by atoms with E-state index in [1.54, 1.807) is 13.2 Å². The van der Waals surface area contributed by atoms with Crippen LogP contribution in [0.1, 0.15) is 18.4 Å². The largest absolute Gasteiger partial charge is 0.506 e. The van der Waals surface area contributed by atoms with Crippen LogP contribution in [-0.2, 0) is 6.42 Å². The van der Waals surface area contributed by atoms with Crippen molar-refractivity contribution in [2.75, 3.05) is 13.7 Å². The van der Waals surface area contributed by atoms with E-state index in [4.69, 9.17) is 16.3 Å². The van der Waals surface area contributed by atoms with Crippen molar-refractivity contribution in [3.8, 4) is 11.5 Å². The number of hydrogen-bond donors (Lipinski definition) is 2. The van der Waals surface area contributed by atoms with E-state index in [1.165, 1.54) is 6.42 Å². The molecule has 88 valence electrons. The van der Waals surface area contributed by atoms with Gasteiger partial charge in [-0.15, -0.1) is 0 Å². The summed E-state index contributed by atoms with van der Waals surface area (Å²) >= 11 is 5.99. The maximum absolute atomic E-state index is 9.93. The number of phenols is 1. The Bertz CT molecular complexity index is 376. The summed E-state index contributed by atoms with van der Waals surface area (Å²) in [7, 11) is 1.54. The maximum atomic E-state index is 9.93. The van der Waals surface area contributed by atoms with E-state index in [2.05, 4.69) is 5.32 Å². The highest BCUT2D eigenvalue weighted by Crippen LogP contribution is 2.36. The number of hydrogen-bond acceptors (Lipinski definition) is 3. The van der Waals surface area contributed by atoms with Crippen molar-refractivity contribution in [2.45, 2.75) is 25.3 Å². The first-order valence-corrected chi connectivity index (χ1v) is 5.88. The number of aromatic hydroxyl groups is 1. The third-order valence-electron chi connectivity index (χ3n) is 3.01. The van der Waals surface area contributed by atoms with Crippen LogP contribution in [0.5, 0.6) is 11.5 Å². The lowest BCUT2D eigenvalue weighted by Gasteiger charge is -2.13. The maximum Gasteiger partial charge on any atom is 0.141 e. The van der Waals surface area contributed by atoms with E-state index in [0.29, 0.717) is 16.8 Å². The third-order valence-corrected chi connectivity index (χ3v) is 3.38. The second-order valence-electron chi connectivity index (χ2n) is 4.09. The molecule has 0 amide bonds. The van der Waals surface area contributed by atoms with Crippen molar-refractivity contribution in [2.24, 2.45) is 0 Å². The monoisotopic (exact) mass is 241 g/mol. The number of benzene rings is 1. The predicted molar refractivity (Wildman–Crippen MR) is 64.4 cm³/mol. The van der Waals surface area contributed by atoms with Crippen LogP contribution in [0.3, 0.4) is 0 Å². The molecule has 1 heterocycles. The van der Waals surface area contributed by atoms with Crippen molar-refractivity contribution in [3.05, 3.63) is 22.7 Å². The van der Waals surface area contributed by atoms with Crippen LogP contribution < -0.4 is 10.1 Å². The molecule has 1 aliphatic rings. The minimum atomic E-state index is 0.148. The van der Waals surface area contributed by atoms with E-state index in [1.807, 2.05) is 6.07 Å². The Morgan fingerprint density at radius 3 is 3.00 bits per heavy atom. The quantitative estimate of drug-likeness (QED) is 0.854. The second kappa shape index (κ2) is 4.93. The van der Waals surface area contributed by atoms with Gasteiger partial charge in [-0.05, 0) is 37.4 Å². The number of methoxy groups -OCH3 is 1. The van der Waals surface area contributed by atoms with Crippen molar-refractivity contribution < 1.29 is 9.84 Å². The van der Waals surface area contributed by atoms with Gasteiger partial charge in [0, 0.05) is 6.04 Å². The number of nitrogens with one attached hydrogen (secondary N) is 1. The lowest BCUT2D eigenvalue weighted by molar-refractivity contribution is 0.406. The molecular formula is C12H16ClNO2. The van der Waals surface area contributed by atoms with Gasteiger partial charge in [-0.1, -0.05) is 17.7 Å². The van der Waals surface area contributed by atoms with E-state index in [0.717, 1.165) is 24.9 Å². The van der Waals surface area contributed by atoms with Gasteiger partial charge >= 0.3 is 0 Å². The average molecular weight is 242 g/mol. The summed E-state index contributed by atoms with van der Waals surface area (Å²) in [5, 5.41) is 13.6. The van der Waals surface area contributed by atoms with Gasteiger partial charge in [0.15, 0.2) is 0 Å². The summed E-state index contributed by atoms with van der Waals surface area (Å²) in [5.74, 6) is 0.664. The Kier molecular flexibility index (Phi) is 3.56. The zero-order valence-electron chi connectivity index (χ0n) is 9.29. The Labute approximate surface area is 100 Å². The lowest BCUT2D eigenvalue weighted by Crippen LogP contribution is -2.23. The minimum Gasteiger partial charge on any atom is -0.506 e. The van der Waals surface area contributed by atoms with Crippen molar-refractivity contribution in [1.29, 1.82) is 0 Å². The molecular weight excluding hydrogens is 226 g/mol. The standard InChI is InChI=1S/C12H16ClNO2/c1-16-10-5-4-8(12(15)11(10)13)7-9-3-2-6-14-9/h4-5,9,14-15H,2-3,6-7H2,1H3. The molecule has 0 saturated carbocycles. The molecule has 1 aliphatic heterocycles. The Hall–Kier alpha value is -0.930. The van der Waals surface area contributed by atoms with Gasteiger partial charge in [0.2, 0.25) is 0 Å². The lowest BCUT2D eigenvalue weighted by atomic mass is 10.0. The number of ether oxygens (including phenoxy) is 1. The van der Waals surface area contributed by atoms with Crippen molar-refractivity contribution >= 4 is 11.6 Å². The van der Waals surface area contributed by atoms with Crippen LogP contribution in [0.15, 0.2) is 12.1 Å².